The zero-order valence-electron chi connectivity index (χ0n) is 12.2. The largest absolute Gasteiger partial charge is 0.451 e. The zero-order chi connectivity index (χ0) is 14.7. The van der Waals surface area contributed by atoms with Gasteiger partial charge in [-0.2, -0.15) is 0 Å². The molecule has 5 heteroatoms. The number of fused-ring (bicyclic) bond motifs is 1. The summed E-state index contributed by atoms with van der Waals surface area (Å²) in [4.78, 5) is 14.4. The number of morpholine rings is 1. The van der Waals surface area contributed by atoms with Gasteiger partial charge in [0.15, 0.2) is 5.76 Å². The molecule has 0 bridgehead atoms. The van der Waals surface area contributed by atoms with Crippen LogP contribution in [0.4, 0.5) is 0 Å². The second-order valence-electron chi connectivity index (χ2n) is 5.36. The van der Waals surface area contributed by atoms with Gasteiger partial charge in [0.1, 0.15) is 5.58 Å². The van der Waals surface area contributed by atoms with Crippen molar-refractivity contribution in [3.63, 3.8) is 0 Å². The Morgan fingerprint density at radius 2 is 2.10 bits per heavy atom. The molecule has 1 aliphatic heterocycles. The van der Waals surface area contributed by atoms with Gasteiger partial charge in [0.25, 0.3) is 5.91 Å². The highest BCUT2D eigenvalue weighted by atomic mass is 16.5. The number of hydrogen-bond donors (Lipinski definition) is 1. The van der Waals surface area contributed by atoms with Crippen LogP contribution in [0.3, 0.4) is 0 Å². The number of benzene rings is 1. The minimum atomic E-state index is -0.155. The lowest BCUT2D eigenvalue weighted by molar-refractivity contribution is 0.0382. The van der Waals surface area contributed by atoms with Crippen molar-refractivity contribution < 1.29 is 13.9 Å². The lowest BCUT2D eigenvalue weighted by Gasteiger charge is -2.26. The fourth-order valence-corrected chi connectivity index (χ4v) is 2.51. The van der Waals surface area contributed by atoms with Gasteiger partial charge < -0.3 is 14.5 Å². The molecule has 1 amide bonds. The Bertz CT molecular complexity index is 629. The fraction of sp³-hybridized carbons (Fsp3) is 0.438. The van der Waals surface area contributed by atoms with E-state index in [-0.39, 0.29) is 5.91 Å². The molecule has 112 valence electrons. The predicted molar refractivity (Wildman–Crippen MR) is 80.5 cm³/mol. The number of carbonyl (C=O) groups is 1. The van der Waals surface area contributed by atoms with Crippen LogP contribution < -0.4 is 5.32 Å². The SMILES string of the molecule is Cc1ccc2oc(C(=O)NCCN3CCOCC3)cc2c1. The van der Waals surface area contributed by atoms with E-state index in [1.165, 1.54) is 0 Å². The fourth-order valence-electron chi connectivity index (χ4n) is 2.51. The van der Waals surface area contributed by atoms with E-state index in [9.17, 15) is 4.79 Å². The van der Waals surface area contributed by atoms with Gasteiger partial charge in [-0.3, -0.25) is 9.69 Å². The summed E-state index contributed by atoms with van der Waals surface area (Å²) >= 11 is 0. The van der Waals surface area contributed by atoms with E-state index < -0.39 is 0 Å². The van der Waals surface area contributed by atoms with Crippen molar-refractivity contribution >= 4 is 16.9 Å². The first-order valence-corrected chi connectivity index (χ1v) is 7.31. The van der Waals surface area contributed by atoms with E-state index >= 15 is 0 Å². The lowest BCUT2D eigenvalue weighted by atomic mass is 10.2. The van der Waals surface area contributed by atoms with E-state index in [2.05, 4.69) is 10.2 Å². The number of furan rings is 1. The lowest BCUT2D eigenvalue weighted by Crippen LogP contribution is -2.41. The highest BCUT2D eigenvalue weighted by Gasteiger charge is 2.13. The van der Waals surface area contributed by atoms with E-state index in [4.69, 9.17) is 9.15 Å². The molecule has 0 atom stereocenters. The molecule has 1 aromatic carbocycles. The number of aryl methyl sites for hydroxylation is 1. The Hall–Kier alpha value is -1.85. The molecule has 0 spiro atoms. The minimum Gasteiger partial charge on any atom is -0.451 e. The molecule has 21 heavy (non-hydrogen) atoms. The molecule has 0 aliphatic carbocycles. The second-order valence-corrected chi connectivity index (χ2v) is 5.36. The minimum absolute atomic E-state index is 0.155. The first-order valence-electron chi connectivity index (χ1n) is 7.31. The van der Waals surface area contributed by atoms with Crippen LogP contribution in [0.5, 0.6) is 0 Å². The van der Waals surface area contributed by atoms with Gasteiger partial charge in [0.2, 0.25) is 0 Å². The van der Waals surface area contributed by atoms with Gasteiger partial charge in [0.05, 0.1) is 13.2 Å². The third-order valence-corrected chi connectivity index (χ3v) is 3.71. The van der Waals surface area contributed by atoms with Crippen LogP contribution in [0.1, 0.15) is 16.1 Å². The zero-order valence-corrected chi connectivity index (χ0v) is 12.2. The Morgan fingerprint density at radius 3 is 2.90 bits per heavy atom. The highest BCUT2D eigenvalue weighted by Crippen LogP contribution is 2.20. The van der Waals surface area contributed by atoms with Crippen molar-refractivity contribution in [1.29, 1.82) is 0 Å². The Balaban J connectivity index is 1.56. The van der Waals surface area contributed by atoms with Crippen LogP contribution in [-0.2, 0) is 4.74 Å². The van der Waals surface area contributed by atoms with Crippen molar-refractivity contribution in [3.8, 4) is 0 Å². The number of rotatable bonds is 4. The summed E-state index contributed by atoms with van der Waals surface area (Å²) in [7, 11) is 0. The van der Waals surface area contributed by atoms with E-state index in [1.807, 2.05) is 25.1 Å². The quantitative estimate of drug-likeness (QED) is 0.932. The van der Waals surface area contributed by atoms with E-state index in [0.717, 1.165) is 49.4 Å². The molecular formula is C16H20N2O3. The molecule has 0 saturated carbocycles. The maximum atomic E-state index is 12.1. The number of nitrogens with zero attached hydrogens (tertiary/aromatic N) is 1. The molecule has 2 heterocycles. The van der Waals surface area contributed by atoms with Crippen molar-refractivity contribution in [2.75, 3.05) is 39.4 Å². The van der Waals surface area contributed by atoms with Crippen LogP contribution in [-0.4, -0.2) is 50.2 Å². The predicted octanol–water partition coefficient (Wildman–Crippen LogP) is 1.80. The van der Waals surface area contributed by atoms with Crippen molar-refractivity contribution in [1.82, 2.24) is 10.2 Å². The molecule has 1 saturated heterocycles. The van der Waals surface area contributed by atoms with Crippen molar-refractivity contribution in [2.45, 2.75) is 6.92 Å². The summed E-state index contributed by atoms with van der Waals surface area (Å²) in [5.41, 5.74) is 1.90. The second kappa shape index (κ2) is 6.28. The Labute approximate surface area is 123 Å². The number of carbonyl (C=O) groups excluding carboxylic acids is 1. The normalized spacial score (nSPS) is 16.2. The Kier molecular flexibility index (Phi) is 4.22. The summed E-state index contributed by atoms with van der Waals surface area (Å²) in [6.07, 6.45) is 0. The number of hydrogen-bond acceptors (Lipinski definition) is 4. The first kappa shape index (κ1) is 14.1. The molecule has 1 fully saturated rings. The number of amides is 1. The summed E-state index contributed by atoms with van der Waals surface area (Å²) in [6, 6.07) is 7.69. The number of ether oxygens (including phenoxy) is 1. The maximum absolute atomic E-state index is 12.1. The summed E-state index contributed by atoms with van der Waals surface area (Å²) < 4.78 is 10.9. The van der Waals surface area contributed by atoms with Gasteiger partial charge in [-0.05, 0) is 25.1 Å². The molecule has 1 aromatic heterocycles. The van der Waals surface area contributed by atoms with E-state index in [1.54, 1.807) is 6.07 Å². The third-order valence-electron chi connectivity index (χ3n) is 3.71. The van der Waals surface area contributed by atoms with Crippen LogP contribution in [0.25, 0.3) is 11.0 Å². The molecular weight excluding hydrogens is 268 g/mol. The maximum Gasteiger partial charge on any atom is 0.287 e. The first-order chi connectivity index (χ1) is 10.2. The van der Waals surface area contributed by atoms with Gasteiger partial charge in [0, 0.05) is 31.6 Å². The molecule has 0 radical (unpaired) electrons. The van der Waals surface area contributed by atoms with Gasteiger partial charge in [-0.25, -0.2) is 0 Å². The van der Waals surface area contributed by atoms with Crippen LogP contribution >= 0.6 is 0 Å². The number of nitrogens with one attached hydrogen (secondary N) is 1. The summed E-state index contributed by atoms with van der Waals surface area (Å²) in [5.74, 6) is 0.217. The molecule has 1 aliphatic rings. The average molecular weight is 288 g/mol. The van der Waals surface area contributed by atoms with E-state index in [0.29, 0.717) is 12.3 Å². The van der Waals surface area contributed by atoms with Crippen molar-refractivity contribution in [2.24, 2.45) is 0 Å². The smallest absolute Gasteiger partial charge is 0.287 e. The van der Waals surface area contributed by atoms with Crippen LogP contribution in [0, 0.1) is 6.92 Å². The Morgan fingerprint density at radius 1 is 1.29 bits per heavy atom. The summed E-state index contributed by atoms with van der Waals surface area (Å²) in [5, 5.41) is 3.87. The molecule has 2 aromatic rings. The van der Waals surface area contributed by atoms with Gasteiger partial charge in [-0.1, -0.05) is 11.6 Å². The van der Waals surface area contributed by atoms with Crippen LogP contribution in [0.2, 0.25) is 0 Å². The van der Waals surface area contributed by atoms with Gasteiger partial charge in [-0.15, -0.1) is 0 Å². The standard InChI is InChI=1S/C16H20N2O3/c1-12-2-3-14-13(10-12)11-15(21-14)16(19)17-4-5-18-6-8-20-9-7-18/h2-3,10-11H,4-9H2,1H3,(H,17,19). The topological polar surface area (TPSA) is 54.7 Å². The molecule has 5 nitrogen and oxygen atoms in total. The highest BCUT2D eigenvalue weighted by molar-refractivity contribution is 5.96. The molecule has 1 N–H and O–H groups in total. The summed E-state index contributed by atoms with van der Waals surface area (Å²) in [6.45, 7) is 6.89. The average Bonchev–Trinajstić information content (AvgIpc) is 2.91. The van der Waals surface area contributed by atoms with Gasteiger partial charge >= 0.3 is 0 Å². The third kappa shape index (κ3) is 3.43. The molecule has 0 unspecified atom stereocenters. The van der Waals surface area contributed by atoms with Crippen molar-refractivity contribution in [3.05, 3.63) is 35.6 Å². The van der Waals surface area contributed by atoms with Crippen LogP contribution in [0.15, 0.2) is 28.7 Å². The molecule has 3 rings (SSSR count). The monoisotopic (exact) mass is 288 g/mol.